The third kappa shape index (κ3) is 4.69. The Balaban J connectivity index is 1.72. The highest BCUT2D eigenvalue weighted by Crippen LogP contribution is 2.29. The van der Waals surface area contributed by atoms with E-state index < -0.39 is 0 Å². The number of Topliss-reactive ketones (excluding diaryl/α,β-unsaturated/α-hetero) is 1. The fraction of sp³-hybridized carbons (Fsp3) is 0.455. The first-order valence-corrected chi connectivity index (χ1v) is 9.94. The van der Waals surface area contributed by atoms with E-state index in [2.05, 4.69) is 10.6 Å². The lowest BCUT2D eigenvalue weighted by atomic mass is 9.84. The van der Waals surface area contributed by atoms with E-state index in [0.717, 1.165) is 41.9 Å². The maximum Gasteiger partial charge on any atom is 0.163 e. The molecule has 0 amide bonds. The third-order valence-corrected chi connectivity index (χ3v) is 5.69. The molecule has 2 aliphatic rings. The van der Waals surface area contributed by atoms with E-state index in [1.54, 1.807) is 12.1 Å². The summed E-state index contributed by atoms with van der Waals surface area (Å²) < 4.78 is 0. The van der Waals surface area contributed by atoms with Crippen molar-refractivity contribution in [2.75, 3.05) is 18.4 Å². The number of hydrogen-bond donors (Lipinski definition) is 2. The second-order valence-electron chi connectivity index (χ2n) is 7.65. The molecule has 0 spiro atoms. The molecule has 1 aromatic rings. The van der Waals surface area contributed by atoms with Crippen LogP contribution in [0.2, 0.25) is 5.02 Å². The van der Waals surface area contributed by atoms with E-state index in [-0.39, 0.29) is 17.5 Å². The molecule has 144 valence electrons. The Morgan fingerprint density at radius 2 is 2.04 bits per heavy atom. The molecule has 1 saturated heterocycles. The summed E-state index contributed by atoms with van der Waals surface area (Å²) in [5.74, 6) is -0.0621. The van der Waals surface area contributed by atoms with Gasteiger partial charge < -0.3 is 10.6 Å². The van der Waals surface area contributed by atoms with Crippen LogP contribution in [0.1, 0.15) is 49.0 Å². The summed E-state index contributed by atoms with van der Waals surface area (Å²) in [6, 6.07) is 3.98. The van der Waals surface area contributed by atoms with Gasteiger partial charge in [-0.3, -0.25) is 9.59 Å². The van der Waals surface area contributed by atoms with Gasteiger partial charge in [0.05, 0.1) is 0 Å². The third-order valence-electron chi connectivity index (χ3n) is 5.47. The summed E-state index contributed by atoms with van der Waals surface area (Å²) in [7, 11) is 0. The van der Waals surface area contributed by atoms with Crippen molar-refractivity contribution in [1.82, 2.24) is 5.32 Å². The number of allylic oxidation sites excluding steroid dienone is 4. The number of benzene rings is 1. The molecule has 5 heteroatoms. The van der Waals surface area contributed by atoms with E-state index in [1.165, 1.54) is 0 Å². The standard InChI is InChI=1S/C22H27ClN2O2/c1-13-8-14(2)18(22(27)9-13)4-5-21(26)19-10-16(23)11-20(15(19)3)25-17-6-7-24-12-17/h8-11,17-18,24-25H,4-7,12H2,1-3H3. The highest BCUT2D eigenvalue weighted by atomic mass is 35.5. The van der Waals surface area contributed by atoms with Gasteiger partial charge in [0.15, 0.2) is 11.6 Å². The molecule has 1 heterocycles. The topological polar surface area (TPSA) is 58.2 Å². The van der Waals surface area contributed by atoms with Gasteiger partial charge in [0.2, 0.25) is 0 Å². The van der Waals surface area contributed by atoms with Gasteiger partial charge in [-0.15, -0.1) is 0 Å². The minimum atomic E-state index is -0.195. The van der Waals surface area contributed by atoms with Crippen LogP contribution in [0.25, 0.3) is 0 Å². The highest BCUT2D eigenvalue weighted by molar-refractivity contribution is 6.31. The smallest absolute Gasteiger partial charge is 0.163 e. The average molecular weight is 387 g/mol. The Bertz CT molecular complexity index is 820. The molecule has 3 rings (SSSR count). The van der Waals surface area contributed by atoms with Crippen LogP contribution in [0.3, 0.4) is 0 Å². The van der Waals surface area contributed by atoms with Gasteiger partial charge in [-0.2, -0.15) is 0 Å². The fourth-order valence-corrected chi connectivity index (χ4v) is 4.17. The number of anilines is 1. The number of rotatable bonds is 6. The quantitative estimate of drug-likeness (QED) is 0.708. The Kier molecular flexibility index (Phi) is 6.18. The molecular weight excluding hydrogens is 360 g/mol. The average Bonchev–Trinajstić information content (AvgIpc) is 3.09. The predicted molar refractivity (Wildman–Crippen MR) is 111 cm³/mol. The molecular formula is C22H27ClN2O2. The first kappa shape index (κ1) is 19.8. The first-order valence-electron chi connectivity index (χ1n) is 9.56. The molecule has 0 bridgehead atoms. The molecule has 1 aromatic carbocycles. The predicted octanol–water partition coefficient (Wildman–Crippen LogP) is 4.48. The Labute approximate surface area is 166 Å². The zero-order valence-corrected chi connectivity index (χ0v) is 17.0. The molecule has 4 nitrogen and oxygen atoms in total. The highest BCUT2D eigenvalue weighted by Gasteiger charge is 2.24. The second kappa shape index (κ2) is 8.41. The fourth-order valence-electron chi connectivity index (χ4n) is 3.95. The Hall–Kier alpha value is -1.91. The normalized spacial score (nSPS) is 22.4. The van der Waals surface area contributed by atoms with Gasteiger partial charge in [-0.05, 0) is 69.5 Å². The van der Waals surface area contributed by atoms with E-state index in [4.69, 9.17) is 11.6 Å². The molecule has 0 aromatic heterocycles. The van der Waals surface area contributed by atoms with Crippen LogP contribution in [0, 0.1) is 12.8 Å². The zero-order chi connectivity index (χ0) is 19.6. The van der Waals surface area contributed by atoms with Crippen LogP contribution >= 0.6 is 11.6 Å². The van der Waals surface area contributed by atoms with Crippen molar-refractivity contribution in [3.8, 4) is 0 Å². The zero-order valence-electron chi connectivity index (χ0n) is 16.2. The lowest BCUT2D eigenvalue weighted by Gasteiger charge is -2.20. The number of halogens is 1. The minimum Gasteiger partial charge on any atom is -0.381 e. The molecule has 0 radical (unpaired) electrons. The SMILES string of the molecule is CC1=CC(=O)C(CCC(=O)c2cc(Cl)cc(NC3CCNC3)c2C)C(C)=C1. The van der Waals surface area contributed by atoms with Crippen LogP contribution in [0.5, 0.6) is 0 Å². The monoisotopic (exact) mass is 386 g/mol. The van der Waals surface area contributed by atoms with Crippen molar-refractivity contribution in [2.24, 2.45) is 5.92 Å². The maximum absolute atomic E-state index is 12.9. The van der Waals surface area contributed by atoms with Crippen LogP contribution in [0.15, 0.2) is 35.4 Å². The molecule has 2 unspecified atom stereocenters. The lowest BCUT2D eigenvalue weighted by Crippen LogP contribution is -2.23. The summed E-state index contributed by atoms with van der Waals surface area (Å²) in [5, 5.41) is 7.38. The summed E-state index contributed by atoms with van der Waals surface area (Å²) >= 11 is 6.28. The molecule has 2 N–H and O–H groups in total. The van der Waals surface area contributed by atoms with Crippen LogP contribution in [-0.4, -0.2) is 30.7 Å². The van der Waals surface area contributed by atoms with E-state index >= 15 is 0 Å². The van der Waals surface area contributed by atoms with Crippen LogP contribution in [-0.2, 0) is 4.79 Å². The van der Waals surface area contributed by atoms with Crippen LogP contribution < -0.4 is 10.6 Å². The molecule has 1 fully saturated rings. The van der Waals surface area contributed by atoms with Crippen molar-refractivity contribution >= 4 is 28.9 Å². The van der Waals surface area contributed by atoms with Crippen molar-refractivity contribution in [1.29, 1.82) is 0 Å². The van der Waals surface area contributed by atoms with Gasteiger partial charge in [0.1, 0.15) is 0 Å². The Morgan fingerprint density at radius 3 is 2.70 bits per heavy atom. The van der Waals surface area contributed by atoms with E-state index in [1.807, 2.05) is 32.9 Å². The molecule has 1 aliphatic heterocycles. The maximum atomic E-state index is 12.9. The van der Waals surface area contributed by atoms with Crippen LogP contribution in [0.4, 0.5) is 5.69 Å². The van der Waals surface area contributed by atoms with Gasteiger partial charge >= 0.3 is 0 Å². The number of nitrogens with one attached hydrogen (secondary N) is 2. The van der Waals surface area contributed by atoms with Gasteiger partial charge in [0.25, 0.3) is 0 Å². The molecule has 2 atom stereocenters. The van der Waals surface area contributed by atoms with Gasteiger partial charge in [0, 0.05) is 41.2 Å². The van der Waals surface area contributed by atoms with Crippen molar-refractivity contribution < 1.29 is 9.59 Å². The second-order valence-corrected chi connectivity index (χ2v) is 8.09. The van der Waals surface area contributed by atoms with Crippen molar-refractivity contribution in [3.63, 3.8) is 0 Å². The first-order chi connectivity index (χ1) is 12.8. The van der Waals surface area contributed by atoms with Crippen molar-refractivity contribution in [2.45, 2.75) is 46.1 Å². The molecule has 1 aliphatic carbocycles. The van der Waals surface area contributed by atoms with Gasteiger partial charge in [-0.25, -0.2) is 0 Å². The number of carbonyl (C=O) groups is 2. The summed E-state index contributed by atoms with van der Waals surface area (Å²) in [5.41, 5.74) is 4.50. The largest absolute Gasteiger partial charge is 0.381 e. The van der Waals surface area contributed by atoms with Crippen molar-refractivity contribution in [3.05, 3.63) is 51.6 Å². The summed E-state index contributed by atoms with van der Waals surface area (Å²) in [6.07, 6.45) is 5.62. The van der Waals surface area contributed by atoms with E-state index in [9.17, 15) is 9.59 Å². The summed E-state index contributed by atoms with van der Waals surface area (Å²) in [4.78, 5) is 25.1. The number of ketones is 2. The number of carbonyl (C=O) groups excluding carboxylic acids is 2. The van der Waals surface area contributed by atoms with Gasteiger partial charge in [-0.1, -0.05) is 23.3 Å². The molecule has 0 saturated carbocycles. The number of hydrogen-bond acceptors (Lipinski definition) is 4. The molecule has 27 heavy (non-hydrogen) atoms. The van der Waals surface area contributed by atoms with E-state index in [0.29, 0.717) is 29.5 Å². The lowest BCUT2D eigenvalue weighted by molar-refractivity contribution is -0.117. The minimum absolute atomic E-state index is 0.0365. The Morgan fingerprint density at radius 1 is 1.26 bits per heavy atom. The summed E-state index contributed by atoms with van der Waals surface area (Å²) in [6.45, 7) is 7.76.